The molecule has 12 nitrogen and oxygen atoms in total. The minimum Gasteiger partial charge on any atom is -0.480 e. The third-order valence-electron chi connectivity index (χ3n) is 11.4. The van der Waals surface area contributed by atoms with Crippen LogP contribution in [0.2, 0.25) is 5.02 Å². The maximum absolute atomic E-state index is 17.2. The number of pyridine rings is 1. The molecule has 8 rings (SSSR count). The second-order valence-electron chi connectivity index (χ2n) is 14.7. The van der Waals surface area contributed by atoms with E-state index in [1.54, 1.807) is 6.20 Å². The van der Waals surface area contributed by atoms with E-state index in [2.05, 4.69) is 21.7 Å². The summed E-state index contributed by atoms with van der Waals surface area (Å²) in [6.45, 7) is 10.7. The lowest BCUT2D eigenvalue weighted by Crippen LogP contribution is -2.53. The summed E-state index contributed by atoms with van der Waals surface area (Å²) in [6, 6.07) is 2.31. The summed E-state index contributed by atoms with van der Waals surface area (Å²) >= 11 is 6.87. The lowest BCUT2D eigenvalue weighted by atomic mass is 9.75. The van der Waals surface area contributed by atoms with Gasteiger partial charge in [0.2, 0.25) is 5.88 Å². The van der Waals surface area contributed by atoms with Crippen molar-refractivity contribution in [1.82, 2.24) is 30.0 Å². The van der Waals surface area contributed by atoms with Crippen LogP contribution in [0.15, 0.2) is 24.9 Å². The largest absolute Gasteiger partial charge is 0.480 e. The van der Waals surface area contributed by atoms with E-state index in [-0.39, 0.29) is 47.1 Å². The molecule has 0 amide bonds. The minimum atomic E-state index is -1.37. The maximum atomic E-state index is 17.2. The van der Waals surface area contributed by atoms with Crippen LogP contribution in [0.3, 0.4) is 0 Å². The Morgan fingerprint density at radius 1 is 1.18 bits per heavy atom. The standard InChI is InChI=1S/C37H45ClFN7O5/c1-4-37(47)19-46(12-14-50-21-37)33-28-32(30(39)31(41-34(28)48-3)27-24-16-40-44-25(24)15-22(2)29(27)38)42-35(43-33)51-20-36-9-5-7-26(36)45(11-6-10-36)17-23-8-13-49-18-23/h4,15-16,23,26,47H,1,5-14,17-21H2,2-3H3,(H,40,44)/t23?,26?,36-,37+/m1/s1. The summed E-state index contributed by atoms with van der Waals surface area (Å²) in [5.74, 6) is 0.300. The third kappa shape index (κ3) is 6.20. The van der Waals surface area contributed by atoms with Gasteiger partial charge in [0.15, 0.2) is 5.82 Å². The first-order valence-electron chi connectivity index (χ1n) is 17.9. The number of β-amino-alcohol motifs (C(OH)–C–C–N with tert-alkyl or cyclic N) is 1. The summed E-state index contributed by atoms with van der Waals surface area (Å²) in [5, 5.41) is 19.7. The van der Waals surface area contributed by atoms with Crippen molar-refractivity contribution in [2.75, 3.05) is 71.2 Å². The molecule has 3 aliphatic heterocycles. The fourth-order valence-electron chi connectivity index (χ4n) is 8.82. The molecule has 1 saturated carbocycles. The highest BCUT2D eigenvalue weighted by atomic mass is 35.5. The van der Waals surface area contributed by atoms with Gasteiger partial charge < -0.3 is 29.0 Å². The second-order valence-corrected chi connectivity index (χ2v) is 15.1. The van der Waals surface area contributed by atoms with Crippen LogP contribution in [0.5, 0.6) is 11.9 Å². The van der Waals surface area contributed by atoms with Crippen LogP contribution >= 0.6 is 11.6 Å². The lowest BCUT2D eigenvalue weighted by molar-refractivity contribution is -0.00805. The summed E-state index contributed by atoms with van der Waals surface area (Å²) in [4.78, 5) is 18.9. The minimum absolute atomic E-state index is 0.0228. The number of methoxy groups -OCH3 is 1. The van der Waals surface area contributed by atoms with Crippen LogP contribution in [0.25, 0.3) is 33.1 Å². The fourth-order valence-corrected chi connectivity index (χ4v) is 9.07. The van der Waals surface area contributed by atoms with Crippen molar-refractivity contribution in [3.63, 3.8) is 0 Å². The number of piperidine rings is 1. The highest BCUT2D eigenvalue weighted by Gasteiger charge is 2.49. The lowest BCUT2D eigenvalue weighted by Gasteiger charge is -2.46. The average Bonchev–Trinajstić information content (AvgIpc) is 3.90. The van der Waals surface area contributed by atoms with Gasteiger partial charge in [-0.3, -0.25) is 10.00 Å². The van der Waals surface area contributed by atoms with E-state index in [0.717, 1.165) is 70.4 Å². The predicted octanol–water partition coefficient (Wildman–Crippen LogP) is 5.48. The van der Waals surface area contributed by atoms with E-state index in [9.17, 15) is 5.11 Å². The second kappa shape index (κ2) is 13.7. The van der Waals surface area contributed by atoms with E-state index in [4.69, 9.17) is 45.5 Å². The number of halogens is 2. The molecule has 51 heavy (non-hydrogen) atoms. The third-order valence-corrected chi connectivity index (χ3v) is 11.9. The van der Waals surface area contributed by atoms with Crippen molar-refractivity contribution in [2.24, 2.45) is 11.3 Å². The van der Waals surface area contributed by atoms with Gasteiger partial charge in [0.25, 0.3) is 0 Å². The molecule has 6 heterocycles. The summed E-state index contributed by atoms with van der Waals surface area (Å²) in [5.41, 5.74) is 0.333. The summed E-state index contributed by atoms with van der Waals surface area (Å²) in [7, 11) is 1.47. The number of nitrogens with one attached hydrogen (secondary N) is 1. The number of H-pyrrole nitrogens is 1. The molecule has 4 atom stereocenters. The van der Waals surface area contributed by atoms with Gasteiger partial charge in [-0.1, -0.05) is 24.1 Å². The zero-order chi connectivity index (χ0) is 35.3. The van der Waals surface area contributed by atoms with Crippen molar-refractivity contribution in [1.29, 1.82) is 0 Å². The Morgan fingerprint density at radius 2 is 2.04 bits per heavy atom. The number of rotatable bonds is 9. The molecule has 3 aromatic heterocycles. The van der Waals surface area contributed by atoms with Gasteiger partial charge in [0.1, 0.15) is 28.0 Å². The molecule has 4 aliphatic rings. The van der Waals surface area contributed by atoms with Crippen LogP contribution < -0.4 is 14.4 Å². The molecule has 4 fully saturated rings. The monoisotopic (exact) mass is 721 g/mol. The molecule has 3 saturated heterocycles. The van der Waals surface area contributed by atoms with Crippen LogP contribution in [0, 0.1) is 24.1 Å². The highest BCUT2D eigenvalue weighted by Crippen LogP contribution is 2.49. The first-order valence-corrected chi connectivity index (χ1v) is 18.3. The number of ether oxygens (including phenoxy) is 4. The molecule has 0 bridgehead atoms. The number of aromatic amines is 1. The number of benzene rings is 1. The molecule has 1 aromatic carbocycles. The van der Waals surface area contributed by atoms with Crippen LogP contribution in [-0.2, 0) is 9.47 Å². The zero-order valence-corrected chi connectivity index (χ0v) is 30.0. The molecule has 0 radical (unpaired) electrons. The molecule has 1 aliphatic carbocycles. The number of anilines is 1. The quantitative estimate of drug-likeness (QED) is 0.213. The maximum Gasteiger partial charge on any atom is 0.319 e. The zero-order valence-electron chi connectivity index (χ0n) is 29.2. The van der Waals surface area contributed by atoms with E-state index in [1.807, 2.05) is 17.9 Å². The predicted molar refractivity (Wildman–Crippen MR) is 192 cm³/mol. The Labute approximate surface area is 301 Å². The van der Waals surface area contributed by atoms with Crippen LogP contribution in [0.4, 0.5) is 10.2 Å². The molecule has 14 heteroatoms. The number of aromatic nitrogens is 5. The Morgan fingerprint density at radius 3 is 2.84 bits per heavy atom. The van der Waals surface area contributed by atoms with E-state index in [1.165, 1.54) is 13.2 Å². The Hall–Kier alpha value is -3.62. The smallest absolute Gasteiger partial charge is 0.319 e. The molecule has 2 unspecified atom stereocenters. The van der Waals surface area contributed by atoms with Crippen molar-refractivity contribution in [3.8, 4) is 23.1 Å². The van der Waals surface area contributed by atoms with E-state index >= 15 is 4.39 Å². The molecule has 2 N–H and O–H groups in total. The number of aliphatic hydroxyl groups is 1. The number of aryl methyl sites for hydroxylation is 1. The van der Waals surface area contributed by atoms with Gasteiger partial charge in [0.05, 0.1) is 56.8 Å². The first-order chi connectivity index (χ1) is 24.7. The highest BCUT2D eigenvalue weighted by molar-refractivity contribution is 6.35. The van der Waals surface area contributed by atoms with Crippen molar-refractivity contribution in [2.45, 2.75) is 57.1 Å². The summed E-state index contributed by atoms with van der Waals surface area (Å²) in [6.07, 6.45) is 9.61. The van der Waals surface area contributed by atoms with Crippen molar-refractivity contribution >= 4 is 39.2 Å². The molecular weight excluding hydrogens is 677 g/mol. The first kappa shape index (κ1) is 34.5. The van der Waals surface area contributed by atoms with Gasteiger partial charge in [-0.2, -0.15) is 15.1 Å². The number of fused-ring (bicyclic) bond motifs is 3. The molecule has 272 valence electrons. The average molecular weight is 722 g/mol. The Balaban J connectivity index is 1.24. The van der Waals surface area contributed by atoms with Gasteiger partial charge in [-0.15, -0.1) is 6.58 Å². The summed E-state index contributed by atoms with van der Waals surface area (Å²) < 4.78 is 41.1. The van der Waals surface area contributed by atoms with Crippen molar-refractivity contribution in [3.05, 3.63) is 41.3 Å². The number of likely N-dealkylation sites (tertiary alicyclic amines) is 1. The molecule has 0 spiro atoms. The SMILES string of the molecule is C=C[C@@]1(O)COCCN(c2nc(OC[C@]34CCCC3N(CC3CCOC3)CCC4)nc3c(F)c(-c4c(Cl)c(C)cc5[nH]ncc45)nc(OC)c23)C1. The number of hydrogen-bond acceptors (Lipinski definition) is 11. The van der Waals surface area contributed by atoms with Gasteiger partial charge >= 0.3 is 6.01 Å². The van der Waals surface area contributed by atoms with Crippen molar-refractivity contribution < 1.29 is 28.4 Å². The Bertz CT molecular complexity index is 1960. The molecular formula is C37H45ClFN7O5. The topological polar surface area (TPSA) is 131 Å². The van der Waals surface area contributed by atoms with Crippen LogP contribution in [-0.4, -0.2) is 113 Å². The van der Waals surface area contributed by atoms with Gasteiger partial charge in [-0.05, 0) is 63.1 Å². The number of hydrogen-bond donors (Lipinski definition) is 2. The van der Waals surface area contributed by atoms with Gasteiger partial charge in [0, 0.05) is 42.1 Å². The van der Waals surface area contributed by atoms with Crippen LogP contribution in [0.1, 0.15) is 44.1 Å². The van der Waals surface area contributed by atoms with E-state index < -0.39 is 11.4 Å². The Kier molecular flexibility index (Phi) is 9.28. The normalized spacial score (nSPS) is 27.2. The fraction of sp³-hybridized carbons (Fsp3) is 0.568. The van der Waals surface area contributed by atoms with Gasteiger partial charge in [-0.25, -0.2) is 9.37 Å². The van der Waals surface area contributed by atoms with E-state index in [0.29, 0.717) is 59.0 Å². The molecule has 4 aromatic rings. The number of nitrogens with zero attached hydrogens (tertiary/aromatic N) is 6.